The Bertz CT molecular complexity index is 812. The van der Waals surface area contributed by atoms with E-state index < -0.39 is 0 Å². The normalized spacial score (nSPS) is 11.0. The molecule has 0 saturated carbocycles. The molecule has 0 saturated heterocycles. The lowest BCUT2D eigenvalue weighted by Gasteiger charge is -2.05. The number of nitrogens with zero attached hydrogens (tertiary/aromatic N) is 4. The Kier molecular flexibility index (Phi) is 3.03. The van der Waals surface area contributed by atoms with Crippen molar-refractivity contribution in [3.05, 3.63) is 44.6 Å². The first kappa shape index (κ1) is 12.2. The Morgan fingerprint density at radius 2 is 2.26 bits per heavy atom. The van der Waals surface area contributed by atoms with Crippen LogP contribution in [-0.4, -0.2) is 19.5 Å². The van der Waals surface area contributed by atoms with Crippen LogP contribution in [0.5, 0.6) is 0 Å². The molecule has 0 spiro atoms. The maximum absolute atomic E-state index is 11.9. The van der Waals surface area contributed by atoms with Crippen molar-refractivity contribution in [2.45, 2.75) is 6.54 Å². The summed E-state index contributed by atoms with van der Waals surface area (Å²) in [6, 6.07) is 1.88. The highest BCUT2D eigenvalue weighted by Crippen LogP contribution is 2.22. The third-order valence-corrected chi connectivity index (χ3v) is 3.92. The predicted octanol–water partition coefficient (Wildman–Crippen LogP) is 1.64. The minimum atomic E-state index is -0.177. The van der Waals surface area contributed by atoms with Gasteiger partial charge in [0.15, 0.2) is 5.82 Å². The van der Waals surface area contributed by atoms with Crippen LogP contribution in [0.3, 0.4) is 0 Å². The van der Waals surface area contributed by atoms with Gasteiger partial charge < -0.3 is 5.73 Å². The van der Waals surface area contributed by atoms with Gasteiger partial charge in [-0.25, -0.2) is 15.0 Å². The third-order valence-electron chi connectivity index (χ3n) is 2.57. The Morgan fingerprint density at radius 1 is 1.42 bits per heavy atom. The molecule has 0 aliphatic heterocycles. The molecular weight excluding hydrogens is 330 g/mol. The predicted molar refractivity (Wildman–Crippen MR) is 77.1 cm³/mol. The highest BCUT2D eigenvalue weighted by molar-refractivity contribution is 9.10. The van der Waals surface area contributed by atoms with Gasteiger partial charge in [0.2, 0.25) is 0 Å². The summed E-state index contributed by atoms with van der Waals surface area (Å²) < 4.78 is 1.83. The molecule has 96 valence electrons. The molecule has 0 bridgehead atoms. The van der Waals surface area contributed by atoms with Crippen LogP contribution in [0.2, 0.25) is 0 Å². The van der Waals surface area contributed by atoms with Gasteiger partial charge in [-0.2, -0.15) is 0 Å². The summed E-state index contributed by atoms with van der Waals surface area (Å²) >= 11 is 4.64. The fourth-order valence-corrected chi connectivity index (χ4v) is 2.82. The summed E-state index contributed by atoms with van der Waals surface area (Å²) in [4.78, 5) is 25.2. The van der Waals surface area contributed by atoms with Crippen molar-refractivity contribution in [1.82, 2.24) is 19.5 Å². The Labute approximate surface area is 120 Å². The molecule has 0 radical (unpaired) electrons. The van der Waals surface area contributed by atoms with E-state index in [-0.39, 0.29) is 12.1 Å². The molecule has 0 aliphatic rings. The van der Waals surface area contributed by atoms with E-state index >= 15 is 0 Å². The standard InChI is InChI=1S/C11H8BrN5OS/c12-7-3-14-5-17(11(7)18)4-8-15-9(13)6-1-2-19-10(6)16-8/h1-3,5H,4H2,(H2,13,15,16). The topological polar surface area (TPSA) is 86.7 Å². The van der Waals surface area contributed by atoms with E-state index in [9.17, 15) is 4.79 Å². The molecule has 0 amide bonds. The second-order valence-electron chi connectivity index (χ2n) is 3.84. The third kappa shape index (κ3) is 2.24. The highest BCUT2D eigenvalue weighted by atomic mass is 79.9. The van der Waals surface area contributed by atoms with Crippen LogP contribution in [0.15, 0.2) is 33.2 Å². The number of hydrogen-bond donors (Lipinski definition) is 1. The molecule has 0 aromatic carbocycles. The zero-order chi connectivity index (χ0) is 13.4. The van der Waals surface area contributed by atoms with Crippen molar-refractivity contribution in [3.63, 3.8) is 0 Å². The van der Waals surface area contributed by atoms with Gasteiger partial charge >= 0.3 is 0 Å². The Morgan fingerprint density at radius 3 is 3.11 bits per heavy atom. The number of hydrogen-bond acceptors (Lipinski definition) is 6. The molecule has 8 heteroatoms. The fraction of sp³-hybridized carbons (Fsp3) is 0.0909. The SMILES string of the molecule is Nc1nc(Cn2cncc(Br)c2=O)nc2sccc12. The Balaban J connectivity index is 2.06. The zero-order valence-corrected chi connectivity index (χ0v) is 12.0. The van der Waals surface area contributed by atoms with Gasteiger partial charge in [-0.1, -0.05) is 0 Å². The number of anilines is 1. The average molecular weight is 338 g/mol. The summed E-state index contributed by atoms with van der Waals surface area (Å²) in [5.41, 5.74) is 5.69. The largest absolute Gasteiger partial charge is 0.383 e. The van der Waals surface area contributed by atoms with Gasteiger partial charge in [0.05, 0.1) is 18.3 Å². The van der Waals surface area contributed by atoms with Crippen molar-refractivity contribution in [3.8, 4) is 0 Å². The lowest BCUT2D eigenvalue weighted by atomic mass is 10.4. The lowest BCUT2D eigenvalue weighted by Crippen LogP contribution is -2.22. The molecule has 0 fully saturated rings. The number of nitrogens with two attached hydrogens (primary N) is 1. The lowest BCUT2D eigenvalue weighted by molar-refractivity contribution is 0.698. The van der Waals surface area contributed by atoms with Gasteiger partial charge in [-0.05, 0) is 27.4 Å². The summed E-state index contributed by atoms with van der Waals surface area (Å²) in [5.74, 6) is 0.923. The minimum absolute atomic E-state index is 0.177. The second-order valence-corrected chi connectivity index (χ2v) is 5.59. The monoisotopic (exact) mass is 337 g/mol. The van der Waals surface area contributed by atoms with Crippen molar-refractivity contribution in [2.75, 3.05) is 5.73 Å². The number of halogens is 1. The van der Waals surface area contributed by atoms with Crippen LogP contribution >= 0.6 is 27.3 Å². The first-order valence-electron chi connectivity index (χ1n) is 5.34. The average Bonchev–Trinajstić information content (AvgIpc) is 2.84. The van der Waals surface area contributed by atoms with Gasteiger partial charge in [-0.15, -0.1) is 11.3 Å². The summed E-state index contributed by atoms with van der Waals surface area (Å²) in [6.45, 7) is 0.239. The summed E-state index contributed by atoms with van der Waals surface area (Å²) in [6.07, 6.45) is 2.90. The molecule has 0 unspecified atom stereocenters. The fourth-order valence-electron chi connectivity index (χ4n) is 1.68. The van der Waals surface area contributed by atoms with Crippen molar-refractivity contribution >= 4 is 43.3 Å². The van der Waals surface area contributed by atoms with Gasteiger partial charge in [-0.3, -0.25) is 9.36 Å². The molecule has 6 nitrogen and oxygen atoms in total. The molecule has 2 N–H and O–H groups in total. The minimum Gasteiger partial charge on any atom is -0.383 e. The molecule has 0 atom stereocenters. The number of rotatable bonds is 2. The number of nitrogen functional groups attached to an aromatic ring is 1. The number of aromatic nitrogens is 4. The van der Waals surface area contributed by atoms with Crippen LogP contribution in [-0.2, 0) is 6.54 Å². The molecule has 3 aromatic heterocycles. The van der Waals surface area contributed by atoms with Gasteiger partial charge in [0, 0.05) is 6.20 Å². The van der Waals surface area contributed by atoms with E-state index in [2.05, 4.69) is 30.9 Å². The van der Waals surface area contributed by atoms with E-state index in [1.54, 1.807) is 0 Å². The van der Waals surface area contributed by atoms with Crippen LogP contribution in [0.25, 0.3) is 10.2 Å². The first-order valence-corrected chi connectivity index (χ1v) is 7.02. The molecule has 3 aromatic rings. The first-order chi connectivity index (χ1) is 9.15. The number of fused-ring (bicyclic) bond motifs is 1. The van der Waals surface area contributed by atoms with E-state index in [0.717, 1.165) is 10.2 Å². The molecular formula is C11H8BrN5OS. The van der Waals surface area contributed by atoms with Crippen LogP contribution in [0, 0.1) is 0 Å². The van der Waals surface area contributed by atoms with Crippen molar-refractivity contribution < 1.29 is 0 Å². The van der Waals surface area contributed by atoms with Crippen molar-refractivity contribution in [2.24, 2.45) is 0 Å². The number of thiophene rings is 1. The molecule has 3 rings (SSSR count). The van der Waals surface area contributed by atoms with E-state index in [0.29, 0.717) is 16.1 Å². The maximum Gasteiger partial charge on any atom is 0.268 e. The summed E-state index contributed by atoms with van der Waals surface area (Å²) in [5, 5.41) is 2.75. The van der Waals surface area contributed by atoms with Gasteiger partial charge in [0.1, 0.15) is 15.1 Å². The van der Waals surface area contributed by atoms with Crippen LogP contribution in [0.4, 0.5) is 5.82 Å². The van der Waals surface area contributed by atoms with E-state index in [1.165, 1.54) is 28.4 Å². The van der Waals surface area contributed by atoms with E-state index in [1.807, 2.05) is 11.4 Å². The van der Waals surface area contributed by atoms with Crippen LogP contribution in [0.1, 0.15) is 5.82 Å². The Hall–Kier alpha value is -1.80. The molecule has 3 heterocycles. The maximum atomic E-state index is 11.9. The highest BCUT2D eigenvalue weighted by Gasteiger charge is 2.08. The summed E-state index contributed by atoms with van der Waals surface area (Å²) in [7, 11) is 0. The molecule has 0 aliphatic carbocycles. The van der Waals surface area contributed by atoms with Crippen molar-refractivity contribution in [1.29, 1.82) is 0 Å². The molecule has 19 heavy (non-hydrogen) atoms. The smallest absolute Gasteiger partial charge is 0.268 e. The van der Waals surface area contributed by atoms with E-state index in [4.69, 9.17) is 5.73 Å². The van der Waals surface area contributed by atoms with Crippen LogP contribution < -0.4 is 11.3 Å². The van der Waals surface area contributed by atoms with Gasteiger partial charge in [0.25, 0.3) is 5.56 Å². The quantitative estimate of drug-likeness (QED) is 0.768. The zero-order valence-electron chi connectivity index (χ0n) is 9.58. The second kappa shape index (κ2) is 4.71.